The molecule has 35 heavy (non-hydrogen) atoms. The van der Waals surface area contributed by atoms with Gasteiger partial charge in [-0.3, -0.25) is 0 Å². The first-order chi connectivity index (χ1) is 16.4. The van der Waals surface area contributed by atoms with E-state index in [0.717, 1.165) is 25.3 Å². The number of carbonyl (C=O) groups excluding carboxylic acids is 1. The van der Waals surface area contributed by atoms with E-state index in [9.17, 15) is 35.2 Å². The third kappa shape index (κ3) is 6.22. The average Bonchev–Trinajstić information content (AvgIpc) is 2.81. The van der Waals surface area contributed by atoms with Crippen LogP contribution in [0.1, 0.15) is 0 Å². The maximum atomic E-state index is 13.3. The highest BCUT2D eigenvalue weighted by Crippen LogP contribution is 2.35. The van der Waals surface area contributed by atoms with Crippen LogP contribution in [-0.2, 0) is 19.7 Å². The van der Waals surface area contributed by atoms with Gasteiger partial charge in [-0.15, -0.1) is 0 Å². The number of nitrogens with one attached hydrogen (secondary N) is 1. The van der Waals surface area contributed by atoms with Crippen LogP contribution < -0.4 is 24.2 Å². The van der Waals surface area contributed by atoms with Crippen molar-refractivity contribution >= 4 is 27.4 Å². The highest BCUT2D eigenvalue weighted by atomic mass is 32.2. The summed E-state index contributed by atoms with van der Waals surface area (Å²) >= 11 is 0. The van der Waals surface area contributed by atoms with E-state index in [1.54, 1.807) is 6.07 Å². The molecular weight excluding hydrogens is 505 g/mol. The molecule has 0 saturated carbocycles. The molecule has 2 aromatic carbocycles. The summed E-state index contributed by atoms with van der Waals surface area (Å²) in [6, 6.07) is 7.78. The molecular formula is C20H20F5N3O6S. The number of piperazine rings is 1. The van der Waals surface area contributed by atoms with Crippen molar-refractivity contribution in [2.75, 3.05) is 42.7 Å². The molecule has 0 spiro atoms. The number of halogens is 5. The van der Waals surface area contributed by atoms with E-state index < -0.39 is 45.1 Å². The molecule has 9 nitrogen and oxygen atoms in total. The Morgan fingerprint density at radius 1 is 1.09 bits per heavy atom. The SMILES string of the molecule is COc1ccc(S(=O)(=O)N(OC(=O)C(F)(F)F)c2cccc(N3CCNCC3)c2)cc1OC(F)F. The number of rotatable bonds is 8. The van der Waals surface area contributed by atoms with Crippen molar-refractivity contribution in [1.29, 1.82) is 0 Å². The van der Waals surface area contributed by atoms with Crippen LogP contribution in [0.4, 0.5) is 33.3 Å². The molecule has 0 aromatic heterocycles. The molecule has 1 aliphatic heterocycles. The lowest BCUT2D eigenvalue weighted by Crippen LogP contribution is -2.43. The summed E-state index contributed by atoms with van der Waals surface area (Å²) in [7, 11) is -3.95. The zero-order valence-corrected chi connectivity index (χ0v) is 18.9. The van der Waals surface area contributed by atoms with Crippen molar-refractivity contribution in [3.8, 4) is 11.5 Å². The van der Waals surface area contributed by atoms with Gasteiger partial charge >= 0.3 is 18.8 Å². The normalized spacial score (nSPS) is 14.5. The minimum absolute atomic E-state index is 0.206. The Labute approximate surface area is 197 Å². The lowest BCUT2D eigenvalue weighted by atomic mass is 10.2. The van der Waals surface area contributed by atoms with Crippen LogP contribution >= 0.6 is 0 Å². The molecule has 1 heterocycles. The van der Waals surface area contributed by atoms with Crippen LogP contribution in [0.15, 0.2) is 47.4 Å². The summed E-state index contributed by atoms with van der Waals surface area (Å²) in [6.07, 6.45) is -5.52. The van der Waals surface area contributed by atoms with Gasteiger partial charge in [0.2, 0.25) is 0 Å². The number of alkyl halides is 5. The molecule has 0 unspecified atom stereocenters. The highest BCUT2D eigenvalue weighted by Gasteiger charge is 2.45. The lowest BCUT2D eigenvalue weighted by molar-refractivity contribution is -0.199. The number of hydrogen-bond donors (Lipinski definition) is 1. The smallest absolute Gasteiger partial charge is 0.493 e. The van der Waals surface area contributed by atoms with Crippen LogP contribution in [-0.4, -0.2) is 60.5 Å². The summed E-state index contributed by atoms with van der Waals surface area (Å²) in [4.78, 5) is 16.9. The first-order valence-corrected chi connectivity index (χ1v) is 11.4. The largest absolute Gasteiger partial charge is 0.493 e. The Morgan fingerprint density at radius 3 is 2.37 bits per heavy atom. The van der Waals surface area contributed by atoms with Gasteiger partial charge in [-0.05, 0) is 30.3 Å². The van der Waals surface area contributed by atoms with E-state index >= 15 is 0 Å². The van der Waals surface area contributed by atoms with E-state index in [0.29, 0.717) is 37.9 Å². The maximum absolute atomic E-state index is 13.3. The minimum Gasteiger partial charge on any atom is -0.493 e. The number of anilines is 2. The van der Waals surface area contributed by atoms with Gasteiger partial charge < -0.3 is 24.5 Å². The number of hydrogen-bond acceptors (Lipinski definition) is 8. The molecule has 0 bridgehead atoms. The van der Waals surface area contributed by atoms with E-state index in [-0.39, 0.29) is 10.2 Å². The minimum atomic E-state index is -5.52. The Hall–Kier alpha value is -3.33. The Bertz CT molecular complexity index is 1160. The first kappa shape index (κ1) is 26.3. The fourth-order valence-electron chi connectivity index (χ4n) is 3.20. The van der Waals surface area contributed by atoms with E-state index in [2.05, 4.69) is 14.9 Å². The third-order valence-corrected chi connectivity index (χ3v) is 6.36. The standard InChI is InChI=1S/C20H20F5N3O6S/c1-32-16-6-5-15(12-17(16)33-19(21)22)35(30,31)28(34-18(29)20(23,24)25)14-4-2-3-13(11-14)27-9-7-26-8-10-27/h2-6,11-12,19,26H,7-10H2,1H3. The molecule has 2 aromatic rings. The molecule has 0 amide bonds. The van der Waals surface area contributed by atoms with E-state index in [4.69, 9.17) is 4.74 Å². The van der Waals surface area contributed by atoms with Gasteiger partial charge in [-0.2, -0.15) is 30.4 Å². The molecule has 1 fully saturated rings. The van der Waals surface area contributed by atoms with Gasteiger partial charge in [0, 0.05) is 37.9 Å². The zero-order chi connectivity index (χ0) is 25.8. The Balaban J connectivity index is 2.08. The summed E-state index contributed by atoms with van der Waals surface area (Å²) in [5, 5.41) is 3.12. The molecule has 192 valence electrons. The summed E-state index contributed by atoms with van der Waals surface area (Å²) in [5.74, 6) is -3.75. The lowest BCUT2D eigenvalue weighted by Gasteiger charge is -2.30. The second-order valence-corrected chi connectivity index (χ2v) is 8.81. The van der Waals surface area contributed by atoms with Gasteiger partial charge in [0.15, 0.2) is 11.5 Å². The van der Waals surface area contributed by atoms with Crippen molar-refractivity contribution in [1.82, 2.24) is 5.32 Å². The summed E-state index contributed by atoms with van der Waals surface area (Å²) < 4.78 is 99.9. The molecule has 3 rings (SSSR count). The second kappa shape index (κ2) is 10.5. The Morgan fingerprint density at radius 2 is 1.77 bits per heavy atom. The number of methoxy groups -OCH3 is 1. The van der Waals surface area contributed by atoms with Crippen LogP contribution in [0.5, 0.6) is 11.5 Å². The number of benzene rings is 2. The summed E-state index contributed by atoms with van der Waals surface area (Å²) in [5.41, 5.74) is 0.0366. The van der Waals surface area contributed by atoms with Crippen molar-refractivity contribution in [2.24, 2.45) is 0 Å². The Kier molecular flexibility index (Phi) is 7.90. The van der Waals surface area contributed by atoms with Crippen molar-refractivity contribution < 1.29 is 49.5 Å². The van der Waals surface area contributed by atoms with Crippen LogP contribution in [0.3, 0.4) is 0 Å². The molecule has 15 heteroatoms. The fraction of sp³-hybridized carbons (Fsp3) is 0.350. The van der Waals surface area contributed by atoms with Crippen LogP contribution in [0.2, 0.25) is 0 Å². The molecule has 0 aliphatic carbocycles. The molecule has 1 N–H and O–H groups in total. The maximum Gasteiger partial charge on any atom is 0.493 e. The quantitative estimate of drug-likeness (QED) is 0.415. The zero-order valence-electron chi connectivity index (χ0n) is 18.1. The van der Waals surface area contributed by atoms with E-state index in [1.165, 1.54) is 12.1 Å². The van der Waals surface area contributed by atoms with E-state index in [1.807, 2.05) is 4.90 Å². The second-order valence-electron chi connectivity index (χ2n) is 7.06. The first-order valence-electron chi connectivity index (χ1n) is 9.96. The third-order valence-electron chi connectivity index (χ3n) is 4.79. The molecule has 1 aliphatic rings. The number of carbonyl (C=O) groups is 1. The molecule has 0 atom stereocenters. The fourth-order valence-corrected chi connectivity index (χ4v) is 4.44. The predicted molar refractivity (Wildman–Crippen MR) is 113 cm³/mol. The monoisotopic (exact) mass is 525 g/mol. The van der Waals surface area contributed by atoms with Crippen molar-refractivity contribution in [3.05, 3.63) is 42.5 Å². The van der Waals surface area contributed by atoms with Crippen LogP contribution in [0, 0.1) is 0 Å². The predicted octanol–water partition coefficient (Wildman–Crippen LogP) is 2.92. The van der Waals surface area contributed by atoms with Gasteiger partial charge in [-0.25, -0.2) is 4.79 Å². The number of sulfonamides is 1. The number of nitrogens with zero attached hydrogens (tertiary/aromatic N) is 2. The van der Waals surface area contributed by atoms with Crippen LogP contribution in [0.25, 0.3) is 0 Å². The van der Waals surface area contributed by atoms with Gasteiger partial charge in [0.25, 0.3) is 10.0 Å². The van der Waals surface area contributed by atoms with Gasteiger partial charge in [-0.1, -0.05) is 10.5 Å². The molecule has 1 saturated heterocycles. The topological polar surface area (TPSA) is 97.4 Å². The highest BCUT2D eigenvalue weighted by molar-refractivity contribution is 7.92. The summed E-state index contributed by atoms with van der Waals surface area (Å²) in [6.45, 7) is -1.05. The van der Waals surface area contributed by atoms with Gasteiger partial charge in [0.1, 0.15) is 0 Å². The van der Waals surface area contributed by atoms with Crippen molar-refractivity contribution in [2.45, 2.75) is 17.7 Å². The average molecular weight is 525 g/mol. The van der Waals surface area contributed by atoms with Crippen molar-refractivity contribution in [3.63, 3.8) is 0 Å². The number of ether oxygens (including phenoxy) is 2. The van der Waals surface area contributed by atoms with Gasteiger partial charge in [0.05, 0.1) is 17.7 Å². The molecule has 0 radical (unpaired) electrons.